The number of benzene rings is 1. The topological polar surface area (TPSA) is 57.5 Å². The number of halogens is 5. The summed E-state index contributed by atoms with van der Waals surface area (Å²) in [5, 5.41) is 17.6. The van der Waals surface area contributed by atoms with Crippen LogP contribution in [0.4, 0.5) is 17.6 Å². The van der Waals surface area contributed by atoms with Crippen molar-refractivity contribution < 1.29 is 32.6 Å². The summed E-state index contributed by atoms with van der Waals surface area (Å²) < 4.78 is 49.6. The molecule has 1 aromatic carbocycles. The second-order valence-corrected chi connectivity index (χ2v) is 3.89. The molecule has 0 saturated carbocycles. The largest absolute Gasteiger partial charge is 0.479 e. The smallest absolute Gasteiger partial charge is 0.417 e. The maximum Gasteiger partial charge on any atom is 0.417 e. The third-order valence-electron chi connectivity index (χ3n) is 1.90. The minimum atomic E-state index is -4.85. The van der Waals surface area contributed by atoms with Gasteiger partial charge < -0.3 is 10.2 Å². The van der Waals surface area contributed by atoms with E-state index in [0.717, 1.165) is 0 Å². The van der Waals surface area contributed by atoms with E-state index in [1.54, 1.807) is 0 Å². The van der Waals surface area contributed by atoms with E-state index in [1.165, 1.54) is 0 Å². The first-order valence-electron chi connectivity index (χ1n) is 4.11. The summed E-state index contributed by atoms with van der Waals surface area (Å²) in [6.45, 7) is 0. The monoisotopic (exact) mass is 316 g/mol. The highest BCUT2D eigenvalue weighted by Crippen LogP contribution is 2.38. The van der Waals surface area contributed by atoms with Gasteiger partial charge in [-0.3, -0.25) is 0 Å². The SMILES string of the molecule is O=C(O)C(O)c1cc(F)cc(C(F)(F)F)c1Br. The lowest BCUT2D eigenvalue weighted by atomic mass is 10.1. The van der Waals surface area contributed by atoms with Gasteiger partial charge in [-0.15, -0.1) is 0 Å². The molecule has 0 aliphatic heterocycles. The predicted octanol–water partition coefficient (Wildman–Crippen LogP) is 2.73. The second-order valence-electron chi connectivity index (χ2n) is 3.10. The second kappa shape index (κ2) is 4.61. The molecule has 0 heterocycles. The number of carbonyl (C=O) groups is 1. The van der Waals surface area contributed by atoms with E-state index in [1.807, 2.05) is 0 Å². The standard InChI is InChI=1S/C9H5BrF4O3/c10-6-4(7(15)8(16)17)1-3(11)2-5(6)9(12,13)14/h1-2,7,15H,(H,16,17). The summed E-state index contributed by atoms with van der Waals surface area (Å²) in [6, 6.07) is 0.736. The van der Waals surface area contributed by atoms with E-state index >= 15 is 0 Å². The Balaban J connectivity index is 3.44. The van der Waals surface area contributed by atoms with Crippen molar-refractivity contribution in [2.24, 2.45) is 0 Å². The van der Waals surface area contributed by atoms with Gasteiger partial charge in [0.05, 0.1) is 5.56 Å². The molecule has 1 rings (SSSR count). The fraction of sp³-hybridized carbons (Fsp3) is 0.222. The van der Waals surface area contributed by atoms with E-state index in [-0.39, 0.29) is 6.07 Å². The molecule has 3 nitrogen and oxygen atoms in total. The van der Waals surface area contributed by atoms with Gasteiger partial charge in [0.2, 0.25) is 0 Å². The molecule has 8 heteroatoms. The van der Waals surface area contributed by atoms with Gasteiger partial charge in [-0.2, -0.15) is 13.2 Å². The molecule has 0 spiro atoms. The molecule has 94 valence electrons. The number of aliphatic hydroxyl groups is 1. The van der Waals surface area contributed by atoms with Crippen LogP contribution in [0.2, 0.25) is 0 Å². The van der Waals surface area contributed by atoms with Crippen molar-refractivity contribution in [3.05, 3.63) is 33.5 Å². The fourth-order valence-corrected chi connectivity index (χ4v) is 1.82. The van der Waals surface area contributed by atoms with Crippen molar-refractivity contribution in [2.75, 3.05) is 0 Å². The summed E-state index contributed by atoms with van der Waals surface area (Å²) in [7, 11) is 0. The first kappa shape index (κ1) is 13.9. The molecular formula is C9H5BrF4O3. The van der Waals surface area contributed by atoms with E-state index < -0.39 is 39.7 Å². The molecule has 0 bridgehead atoms. The van der Waals surface area contributed by atoms with Crippen molar-refractivity contribution in [3.63, 3.8) is 0 Å². The molecule has 0 radical (unpaired) electrons. The van der Waals surface area contributed by atoms with Crippen LogP contribution in [0, 0.1) is 5.82 Å². The zero-order valence-electron chi connectivity index (χ0n) is 7.92. The Labute approximate surface area is 101 Å². The number of hydrogen-bond acceptors (Lipinski definition) is 2. The summed E-state index contributed by atoms with van der Waals surface area (Å²) in [5.74, 6) is -3.06. The van der Waals surface area contributed by atoms with Crippen LogP contribution < -0.4 is 0 Å². The Bertz CT molecular complexity index is 458. The van der Waals surface area contributed by atoms with Crippen molar-refractivity contribution in [1.29, 1.82) is 0 Å². The van der Waals surface area contributed by atoms with Gasteiger partial charge in [-0.25, -0.2) is 9.18 Å². The third kappa shape index (κ3) is 2.95. The molecule has 0 aromatic heterocycles. The molecule has 0 fully saturated rings. The molecule has 1 aromatic rings. The van der Waals surface area contributed by atoms with E-state index in [9.17, 15) is 22.4 Å². The molecule has 1 unspecified atom stereocenters. The molecule has 0 saturated heterocycles. The van der Waals surface area contributed by atoms with E-state index in [4.69, 9.17) is 10.2 Å². The van der Waals surface area contributed by atoms with Crippen LogP contribution in [-0.4, -0.2) is 16.2 Å². The zero-order chi connectivity index (χ0) is 13.4. The lowest BCUT2D eigenvalue weighted by Crippen LogP contribution is -2.15. The van der Waals surface area contributed by atoms with Crippen LogP contribution in [0.1, 0.15) is 17.2 Å². The minimum Gasteiger partial charge on any atom is -0.479 e. The number of aliphatic carboxylic acids is 1. The van der Waals surface area contributed by atoms with E-state index in [2.05, 4.69) is 15.9 Å². The quantitative estimate of drug-likeness (QED) is 0.825. The third-order valence-corrected chi connectivity index (χ3v) is 2.78. The van der Waals surface area contributed by atoms with Gasteiger partial charge in [0.1, 0.15) is 5.82 Å². The van der Waals surface area contributed by atoms with Gasteiger partial charge in [-0.1, -0.05) is 0 Å². The van der Waals surface area contributed by atoms with Crippen molar-refractivity contribution in [1.82, 2.24) is 0 Å². The lowest BCUT2D eigenvalue weighted by molar-refractivity contribution is -0.147. The Morgan fingerprint density at radius 1 is 1.35 bits per heavy atom. The van der Waals surface area contributed by atoms with Crippen molar-refractivity contribution in [2.45, 2.75) is 12.3 Å². The van der Waals surface area contributed by atoms with Crippen molar-refractivity contribution in [3.8, 4) is 0 Å². The number of hydrogen-bond donors (Lipinski definition) is 2. The van der Waals surface area contributed by atoms with Gasteiger partial charge in [-0.05, 0) is 28.1 Å². The predicted molar refractivity (Wildman–Crippen MR) is 51.7 cm³/mol. The van der Waals surface area contributed by atoms with Crippen LogP contribution in [0.5, 0.6) is 0 Å². The normalized spacial score (nSPS) is 13.5. The number of carboxylic acid groups (broad SMARTS) is 1. The summed E-state index contributed by atoms with van der Waals surface area (Å²) in [5.41, 5.74) is -2.07. The van der Waals surface area contributed by atoms with Crippen LogP contribution in [-0.2, 0) is 11.0 Å². The van der Waals surface area contributed by atoms with Crippen LogP contribution >= 0.6 is 15.9 Å². The highest BCUT2D eigenvalue weighted by atomic mass is 79.9. The van der Waals surface area contributed by atoms with Crippen LogP contribution in [0.25, 0.3) is 0 Å². The van der Waals surface area contributed by atoms with Crippen LogP contribution in [0.3, 0.4) is 0 Å². The Morgan fingerprint density at radius 3 is 2.29 bits per heavy atom. The summed E-state index contributed by atoms with van der Waals surface area (Å²) in [6.07, 6.45) is -7.09. The molecule has 0 aliphatic carbocycles. The number of rotatable bonds is 2. The Hall–Kier alpha value is -1.15. The Morgan fingerprint density at radius 2 is 1.88 bits per heavy atom. The molecule has 0 amide bonds. The lowest BCUT2D eigenvalue weighted by Gasteiger charge is -2.14. The average Bonchev–Trinajstić information content (AvgIpc) is 2.18. The number of alkyl halides is 3. The molecule has 2 N–H and O–H groups in total. The molecular weight excluding hydrogens is 312 g/mol. The number of carboxylic acids is 1. The van der Waals surface area contributed by atoms with E-state index in [0.29, 0.717) is 6.07 Å². The highest BCUT2D eigenvalue weighted by Gasteiger charge is 2.36. The summed E-state index contributed by atoms with van der Waals surface area (Å²) in [4.78, 5) is 10.4. The first-order chi connectivity index (χ1) is 7.64. The Kier molecular flexibility index (Phi) is 3.78. The molecule has 1 atom stereocenters. The minimum absolute atomic E-state index is 0.210. The van der Waals surface area contributed by atoms with Gasteiger partial charge >= 0.3 is 12.1 Å². The molecule has 17 heavy (non-hydrogen) atoms. The first-order valence-corrected chi connectivity index (χ1v) is 4.91. The summed E-state index contributed by atoms with van der Waals surface area (Å²) >= 11 is 2.51. The maximum atomic E-state index is 12.9. The average molecular weight is 317 g/mol. The maximum absolute atomic E-state index is 12.9. The van der Waals surface area contributed by atoms with Gasteiger partial charge in [0.25, 0.3) is 0 Å². The van der Waals surface area contributed by atoms with Crippen molar-refractivity contribution >= 4 is 21.9 Å². The molecule has 0 aliphatic rings. The zero-order valence-corrected chi connectivity index (χ0v) is 9.51. The fourth-order valence-electron chi connectivity index (χ4n) is 1.15. The van der Waals surface area contributed by atoms with Gasteiger partial charge in [0.15, 0.2) is 6.10 Å². The highest BCUT2D eigenvalue weighted by molar-refractivity contribution is 9.10. The van der Waals surface area contributed by atoms with Gasteiger partial charge in [0, 0.05) is 10.0 Å². The van der Waals surface area contributed by atoms with Crippen LogP contribution in [0.15, 0.2) is 16.6 Å². The number of aliphatic hydroxyl groups excluding tert-OH is 1.